The van der Waals surface area contributed by atoms with Crippen LogP contribution in [0, 0.1) is 0 Å². The number of halogens is 1. The van der Waals surface area contributed by atoms with Crippen LogP contribution in [0.25, 0.3) is 10.6 Å². The molecule has 0 spiro atoms. The van der Waals surface area contributed by atoms with Gasteiger partial charge in [0.05, 0.1) is 5.56 Å². The third kappa shape index (κ3) is 3.88. The molecule has 1 aromatic heterocycles. The number of ether oxygens (including phenoxy) is 2. The monoisotopic (exact) mass is 500 g/mol. The van der Waals surface area contributed by atoms with E-state index in [2.05, 4.69) is 31.4 Å². The fraction of sp³-hybridized carbons (Fsp3) is 0.238. The number of rotatable bonds is 4. The number of amides is 2. The smallest absolute Gasteiger partial charge is 0.255 e. The lowest BCUT2D eigenvalue weighted by Crippen LogP contribution is -2.43. The van der Waals surface area contributed by atoms with Crippen molar-refractivity contribution in [3.05, 3.63) is 52.5 Å². The maximum Gasteiger partial charge on any atom is 0.255 e. The Morgan fingerprint density at radius 1 is 1.13 bits per heavy atom. The lowest BCUT2D eigenvalue weighted by molar-refractivity contribution is -0.119. The molecular weight excluding hydrogens is 484 g/mol. The Bertz CT molecular complexity index is 1170. The van der Waals surface area contributed by atoms with Gasteiger partial charge < -0.3 is 14.4 Å². The zero-order valence-electron chi connectivity index (χ0n) is 16.2. The normalized spacial score (nSPS) is 17.1. The van der Waals surface area contributed by atoms with Crippen molar-refractivity contribution in [3.8, 4) is 22.1 Å². The van der Waals surface area contributed by atoms with E-state index in [-0.39, 0.29) is 18.6 Å². The molecule has 8 nitrogen and oxygen atoms in total. The van der Waals surface area contributed by atoms with Crippen LogP contribution in [0.5, 0.6) is 11.5 Å². The molecule has 0 saturated carbocycles. The zero-order chi connectivity index (χ0) is 21.4. The second-order valence-corrected chi connectivity index (χ2v) is 8.94. The van der Waals surface area contributed by atoms with Crippen molar-refractivity contribution >= 4 is 44.2 Å². The molecule has 1 fully saturated rings. The first kappa shape index (κ1) is 20.0. The van der Waals surface area contributed by atoms with Gasteiger partial charge >= 0.3 is 0 Å². The first-order valence-corrected chi connectivity index (χ1v) is 11.3. The fourth-order valence-electron chi connectivity index (χ4n) is 3.68. The summed E-state index contributed by atoms with van der Waals surface area (Å²) in [5, 5.41) is 12.1. The minimum absolute atomic E-state index is 0.163. The van der Waals surface area contributed by atoms with Crippen molar-refractivity contribution in [2.24, 2.45) is 0 Å². The highest BCUT2D eigenvalue weighted by Crippen LogP contribution is 2.37. The predicted octanol–water partition coefficient (Wildman–Crippen LogP) is 3.94. The van der Waals surface area contributed by atoms with E-state index in [1.54, 1.807) is 11.0 Å². The van der Waals surface area contributed by atoms with Crippen LogP contribution in [-0.2, 0) is 4.79 Å². The van der Waals surface area contributed by atoms with E-state index in [0.717, 1.165) is 12.0 Å². The maximum atomic E-state index is 13.0. The second kappa shape index (κ2) is 8.27. The molecule has 0 bridgehead atoms. The molecule has 158 valence electrons. The number of fused-ring (bicyclic) bond motifs is 1. The third-order valence-electron chi connectivity index (χ3n) is 5.20. The van der Waals surface area contributed by atoms with Crippen LogP contribution in [-0.4, -0.2) is 46.3 Å². The quantitative estimate of drug-likeness (QED) is 0.582. The van der Waals surface area contributed by atoms with Gasteiger partial charge in [-0.25, -0.2) is 0 Å². The molecule has 2 aliphatic rings. The molecule has 0 radical (unpaired) electrons. The number of carbonyl (C=O) groups is 2. The van der Waals surface area contributed by atoms with Gasteiger partial charge in [-0.05, 0) is 59.1 Å². The second-order valence-electron chi connectivity index (χ2n) is 7.11. The number of benzene rings is 2. The highest BCUT2D eigenvalue weighted by molar-refractivity contribution is 9.10. The summed E-state index contributed by atoms with van der Waals surface area (Å²) in [5.74, 6) is 0.929. The first-order chi connectivity index (χ1) is 15.1. The van der Waals surface area contributed by atoms with Gasteiger partial charge in [-0.3, -0.25) is 14.9 Å². The Hall–Kier alpha value is -2.98. The van der Waals surface area contributed by atoms with E-state index in [0.29, 0.717) is 44.6 Å². The number of anilines is 1. The van der Waals surface area contributed by atoms with Crippen molar-refractivity contribution in [3.63, 3.8) is 0 Å². The van der Waals surface area contributed by atoms with Crippen LogP contribution in [0.3, 0.4) is 0 Å². The van der Waals surface area contributed by atoms with E-state index >= 15 is 0 Å². The number of aromatic nitrogens is 2. The Labute approximate surface area is 190 Å². The van der Waals surface area contributed by atoms with Crippen LogP contribution in [0.15, 0.2) is 46.9 Å². The van der Waals surface area contributed by atoms with Gasteiger partial charge in [0, 0.05) is 16.6 Å². The summed E-state index contributed by atoms with van der Waals surface area (Å²) in [5.41, 5.74) is 1.37. The number of carbonyl (C=O) groups excluding carboxylic acids is 2. The highest BCUT2D eigenvalue weighted by Gasteiger charge is 2.35. The van der Waals surface area contributed by atoms with Crippen LogP contribution in [0.4, 0.5) is 5.13 Å². The van der Waals surface area contributed by atoms with Gasteiger partial charge in [-0.2, -0.15) is 0 Å². The molecule has 31 heavy (non-hydrogen) atoms. The van der Waals surface area contributed by atoms with Crippen LogP contribution in [0.2, 0.25) is 0 Å². The largest absolute Gasteiger partial charge is 0.454 e. The van der Waals surface area contributed by atoms with Gasteiger partial charge in [0.1, 0.15) is 11.0 Å². The summed E-state index contributed by atoms with van der Waals surface area (Å²) >= 11 is 4.68. The molecule has 1 saturated heterocycles. The average molecular weight is 501 g/mol. The molecule has 3 heterocycles. The summed E-state index contributed by atoms with van der Waals surface area (Å²) in [6.07, 6.45) is 1.38. The van der Waals surface area contributed by atoms with E-state index in [1.807, 2.05) is 36.4 Å². The minimum Gasteiger partial charge on any atom is -0.454 e. The lowest BCUT2D eigenvalue weighted by Gasteiger charge is -2.24. The molecule has 2 amide bonds. The van der Waals surface area contributed by atoms with Crippen molar-refractivity contribution in [1.82, 2.24) is 15.1 Å². The molecule has 1 atom stereocenters. The maximum absolute atomic E-state index is 13.0. The number of nitrogens with one attached hydrogen (secondary N) is 1. The molecule has 3 aromatic rings. The van der Waals surface area contributed by atoms with Crippen LogP contribution in [0.1, 0.15) is 23.2 Å². The van der Waals surface area contributed by atoms with Gasteiger partial charge in [-0.1, -0.05) is 23.5 Å². The molecule has 5 rings (SSSR count). The van der Waals surface area contributed by atoms with Gasteiger partial charge in [0.15, 0.2) is 11.5 Å². The van der Waals surface area contributed by atoms with Crippen molar-refractivity contribution in [2.75, 3.05) is 18.7 Å². The summed E-state index contributed by atoms with van der Waals surface area (Å²) in [6.45, 7) is 0.739. The van der Waals surface area contributed by atoms with Crippen molar-refractivity contribution < 1.29 is 19.1 Å². The van der Waals surface area contributed by atoms with Gasteiger partial charge in [-0.15, -0.1) is 10.2 Å². The predicted molar refractivity (Wildman–Crippen MR) is 118 cm³/mol. The van der Waals surface area contributed by atoms with Crippen LogP contribution < -0.4 is 14.8 Å². The van der Waals surface area contributed by atoms with Gasteiger partial charge in [0.2, 0.25) is 17.8 Å². The molecule has 2 aromatic carbocycles. The number of hydrogen-bond acceptors (Lipinski definition) is 7. The molecule has 1 N–H and O–H groups in total. The number of nitrogens with zero attached hydrogens (tertiary/aromatic N) is 3. The highest BCUT2D eigenvalue weighted by atomic mass is 79.9. The summed E-state index contributed by atoms with van der Waals surface area (Å²) in [4.78, 5) is 27.5. The summed E-state index contributed by atoms with van der Waals surface area (Å²) in [6, 6.07) is 12.2. The van der Waals surface area contributed by atoms with E-state index in [4.69, 9.17) is 9.47 Å². The van der Waals surface area contributed by atoms with Crippen molar-refractivity contribution in [1.29, 1.82) is 0 Å². The SMILES string of the molecule is O=C(Nc1nnc(-c2ccc3c(c2)OCO3)s1)C1CCCN1C(=O)c1ccccc1Br. The Kier molecular flexibility index (Phi) is 5.33. The topological polar surface area (TPSA) is 93.7 Å². The first-order valence-electron chi connectivity index (χ1n) is 9.70. The van der Waals surface area contributed by atoms with Crippen molar-refractivity contribution in [2.45, 2.75) is 18.9 Å². The molecule has 0 aliphatic carbocycles. The minimum atomic E-state index is -0.544. The zero-order valence-corrected chi connectivity index (χ0v) is 18.6. The molecule has 10 heteroatoms. The Balaban J connectivity index is 1.30. The number of likely N-dealkylation sites (tertiary alicyclic amines) is 1. The Morgan fingerprint density at radius 3 is 2.84 bits per heavy atom. The third-order valence-corrected chi connectivity index (χ3v) is 6.77. The van der Waals surface area contributed by atoms with Gasteiger partial charge in [0.25, 0.3) is 5.91 Å². The molecular formula is C21H17BrN4O4S. The summed E-state index contributed by atoms with van der Waals surface area (Å²) < 4.78 is 11.4. The molecule has 2 aliphatic heterocycles. The van der Waals surface area contributed by atoms with E-state index in [9.17, 15) is 9.59 Å². The molecule has 1 unspecified atom stereocenters. The summed E-state index contributed by atoms with van der Waals surface area (Å²) in [7, 11) is 0. The van der Waals surface area contributed by atoms with E-state index in [1.165, 1.54) is 11.3 Å². The standard InChI is InChI=1S/C21H17BrN4O4S/c22-14-5-2-1-4-13(14)20(28)26-9-3-6-15(26)18(27)23-21-25-24-19(31-21)12-7-8-16-17(10-12)30-11-29-16/h1-2,4-5,7-8,10,15H,3,6,9,11H2,(H,23,25,27). The number of hydrogen-bond donors (Lipinski definition) is 1. The van der Waals surface area contributed by atoms with E-state index < -0.39 is 6.04 Å². The average Bonchev–Trinajstić information content (AvgIpc) is 3.53. The lowest BCUT2D eigenvalue weighted by atomic mass is 10.1. The Morgan fingerprint density at radius 2 is 1.97 bits per heavy atom. The fourth-order valence-corrected chi connectivity index (χ4v) is 4.88. The van der Waals surface area contributed by atoms with Crippen LogP contribution >= 0.6 is 27.3 Å².